The zero-order chi connectivity index (χ0) is 36.8. The molecule has 0 spiro atoms. The van der Waals surface area contributed by atoms with Crippen LogP contribution in [0.2, 0.25) is 10.0 Å². The van der Waals surface area contributed by atoms with Crippen LogP contribution in [0, 0.1) is 10.8 Å². The van der Waals surface area contributed by atoms with E-state index in [0.717, 1.165) is 11.1 Å². The van der Waals surface area contributed by atoms with E-state index in [1.165, 1.54) is 13.8 Å². The maximum atomic E-state index is 14.4. The van der Waals surface area contributed by atoms with Gasteiger partial charge in [-0.05, 0) is 61.1 Å². The van der Waals surface area contributed by atoms with Crippen LogP contribution in [0.1, 0.15) is 50.7 Å². The summed E-state index contributed by atoms with van der Waals surface area (Å²) in [6.45, 7) is 3.81. The van der Waals surface area contributed by atoms with Crippen LogP contribution in [0.4, 0.5) is 0 Å². The van der Waals surface area contributed by atoms with Crippen molar-refractivity contribution in [2.24, 2.45) is 11.5 Å². The normalized spacial score (nSPS) is 16.9. The van der Waals surface area contributed by atoms with Crippen molar-refractivity contribution >= 4 is 58.7 Å². The van der Waals surface area contributed by atoms with Crippen LogP contribution >= 0.6 is 23.2 Å². The third-order valence-electron chi connectivity index (χ3n) is 8.38. The average molecular weight is 732 g/mol. The maximum absolute atomic E-state index is 14.4. The summed E-state index contributed by atoms with van der Waals surface area (Å²) in [5.74, 6) is -1.66. The number of carbonyl (C=O) groups is 4. The number of rotatable bonds is 16. The van der Waals surface area contributed by atoms with Crippen molar-refractivity contribution < 1.29 is 19.2 Å². The summed E-state index contributed by atoms with van der Waals surface area (Å²) in [5.41, 5.74) is 12.6. The Hall–Kier alpha value is -4.56. The first-order valence-electron chi connectivity index (χ1n) is 16.5. The fraction of sp³-hybridized carbons (Fsp3) is 0.471. The number of hydrogen-bond acceptors (Lipinski definition) is 6. The summed E-state index contributed by atoms with van der Waals surface area (Å²) >= 11 is 12.2. The van der Waals surface area contributed by atoms with Gasteiger partial charge in [-0.25, -0.2) is 0 Å². The Morgan fingerprint density at radius 1 is 0.700 bits per heavy atom. The van der Waals surface area contributed by atoms with Crippen LogP contribution < -0.4 is 32.7 Å². The van der Waals surface area contributed by atoms with Gasteiger partial charge < -0.3 is 42.5 Å². The van der Waals surface area contributed by atoms with E-state index in [1.54, 1.807) is 58.3 Å². The fourth-order valence-corrected chi connectivity index (χ4v) is 6.36. The molecule has 1 fully saturated rings. The van der Waals surface area contributed by atoms with Crippen LogP contribution in [0.5, 0.6) is 0 Å². The molecule has 0 aromatic heterocycles. The van der Waals surface area contributed by atoms with Gasteiger partial charge in [0.1, 0.15) is 12.1 Å². The molecule has 4 atom stereocenters. The Bertz CT molecular complexity index is 1380. The first kappa shape index (κ1) is 39.9. The molecule has 1 heterocycles. The summed E-state index contributed by atoms with van der Waals surface area (Å²) in [4.78, 5) is 57.0. The monoisotopic (exact) mass is 730 g/mol. The molecule has 1 aliphatic rings. The molecule has 1 saturated heterocycles. The number of amides is 4. The minimum Gasteiger partial charge on any atom is -0.370 e. The Labute approximate surface area is 303 Å². The summed E-state index contributed by atoms with van der Waals surface area (Å²) in [6.07, 6.45) is 2.45. The van der Waals surface area contributed by atoms with Gasteiger partial charge in [0.15, 0.2) is 11.9 Å². The highest BCUT2D eigenvalue weighted by molar-refractivity contribution is 6.30. The van der Waals surface area contributed by atoms with Crippen molar-refractivity contribution in [2.45, 2.75) is 76.5 Å². The number of nitrogens with two attached hydrogens (primary N) is 2. The van der Waals surface area contributed by atoms with Crippen LogP contribution in [0.15, 0.2) is 48.5 Å². The van der Waals surface area contributed by atoms with Gasteiger partial charge in [0, 0.05) is 75.0 Å². The molecule has 0 radical (unpaired) electrons. The van der Waals surface area contributed by atoms with Gasteiger partial charge in [0.2, 0.25) is 23.6 Å². The molecule has 1 aliphatic heterocycles. The molecule has 0 aliphatic carbocycles. The summed E-state index contributed by atoms with van der Waals surface area (Å²) < 4.78 is 0. The van der Waals surface area contributed by atoms with Gasteiger partial charge in [0.05, 0.1) is 0 Å². The molecule has 4 amide bonds. The molecule has 14 nitrogen and oxygen atoms in total. The number of guanidine groups is 2. The number of nitrogens with zero attached hydrogens (tertiary/aromatic N) is 2. The summed E-state index contributed by atoms with van der Waals surface area (Å²) in [7, 11) is 0. The van der Waals surface area contributed by atoms with Crippen molar-refractivity contribution in [3.8, 4) is 0 Å². The van der Waals surface area contributed by atoms with Crippen molar-refractivity contribution in [3.63, 3.8) is 0 Å². The van der Waals surface area contributed by atoms with E-state index in [9.17, 15) is 19.2 Å². The van der Waals surface area contributed by atoms with Crippen LogP contribution in [-0.2, 0) is 32.0 Å². The lowest BCUT2D eigenvalue weighted by atomic mass is 9.95. The lowest BCUT2D eigenvalue weighted by Gasteiger charge is -2.48. The highest BCUT2D eigenvalue weighted by Crippen LogP contribution is 2.25. The van der Waals surface area contributed by atoms with E-state index < -0.39 is 24.2 Å². The summed E-state index contributed by atoms with van der Waals surface area (Å²) in [6, 6.07) is 11.4. The Kier molecular flexibility index (Phi) is 15.6. The molecular weight excluding hydrogens is 683 g/mol. The second-order valence-electron chi connectivity index (χ2n) is 12.4. The van der Waals surface area contributed by atoms with Crippen molar-refractivity contribution in [2.75, 3.05) is 26.2 Å². The minimum atomic E-state index is -0.883. The van der Waals surface area contributed by atoms with Gasteiger partial charge in [-0.15, -0.1) is 0 Å². The smallest absolute Gasteiger partial charge is 0.245 e. The molecule has 2 aromatic carbocycles. The molecule has 0 bridgehead atoms. The predicted octanol–water partition coefficient (Wildman–Crippen LogP) is 1.72. The molecule has 16 heteroatoms. The lowest BCUT2D eigenvalue weighted by molar-refractivity contribution is -0.151. The molecule has 3 rings (SSSR count). The quantitative estimate of drug-likeness (QED) is 0.0720. The molecule has 272 valence electrons. The van der Waals surface area contributed by atoms with Gasteiger partial charge in [0.25, 0.3) is 0 Å². The van der Waals surface area contributed by atoms with Crippen LogP contribution in [-0.4, -0.2) is 95.7 Å². The van der Waals surface area contributed by atoms with E-state index >= 15 is 0 Å². The Balaban J connectivity index is 1.98. The number of nitrogens with one attached hydrogen (secondary N) is 6. The third-order valence-corrected chi connectivity index (χ3v) is 8.88. The largest absolute Gasteiger partial charge is 0.370 e. The van der Waals surface area contributed by atoms with Crippen molar-refractivity contribution in [1.82, 2.24) is 31.1 Å². The Morgan fingerprint density at radius 2 is 1.04 bits per heavy atom. The first-order valence-corrected chi connectivity index (χ1v) is 17.3. The maximum Gasteiger partial charge on any atom is 0.245 e. The zero-order valence-corrected chi connectivity index (χ0v) is 29.9. The van der Waals surface area contributed by atoms with E-state index in [-0.39, 0.29) is 61.5 Å². The molecule has 10 N–H and O–H groups in total. The standard InChI is InChI=1S/C34H48Cl2N10O4/c1-21(47)43-29(17-23-7-11-25(35)12-8-23)31(49)45-19-28(6-4-16-42-34(39)40)46(20-27(45)5-3-15-41-33(37)38)32(50)30(44-22(2)48)18-24-9-13-26(36)14-10-24/h7-14,27-30H,3-6,15-20H2,1-2H3,(H,43,47)(H,44,48)(H4,37,38,41)(H4,39,40,42)/t27-,28-,29+,30+/m0/s1. The number of carbonyl (C=O) groups excluding carboxylic acids is 4. The average Bonchev–Trinajstić information content (AvgIpc) is 3.05. The second-order valence-corrected chi connectivity index (χ2v) is 13.3. The van der Waals surface area contributed by atoms with E-state index in [0.29, 0.717) is 48.8 Å². The van der Waals surface area contributed by atoms with E-state index in [4.69, 9.17) is 45.5 Å². The molecule has 2 aromatic rings. The number of benzene rings is 2. The van der Waals surface area contributed by atoms with Crippen molar-refractivity contribution in [1.29, 1.82) is 10.8 Å². The molecule has 50 heavy (non-hydrogen) atoms. The fourth-order valence-electron chi connectivity index (χ4n) is 6.11. The Morgan fingerprint density at radius 3 is 1.34 bits per heavy atom. The predicted molar refractivity (Wildman–Crippen MR) is 195 cm³/mol. The minimum absolute atomic E-state index is 0.167. The summed E-state index contributed by atoms with van der Waals surface area (Å²) in [5, 5.41) is 27.4. The lowest BCUT2D eigenvalue weighted by Crippen LogP contribution is -2.66. The highest BCUT2D eigenvalue weighted by atomic mass is 35.5. The zero-order valence-electron chi connectivity index (χ0n) is 28.4. The number of halogens is 2. The first-order chi connectivity index (χ1) is 23.7. The van der Waals surface area contributed by atoms with Crippen LogP contribution in [0.3, 0.4) is 0 Å². The molecule has 0 unspecified atom stereocenters. The molecule has 0 saturated carbocycles. The molecular formula is C34H48Cl2N10O4. The van der Waals surface area contributed by atoms with Gasteiger partial charge >= 0.3 is 0 Å². The number of hydrogen-bond donors (Lipinski definition) is 8. The van der Waals surface area contributed by atoms with Gasteiger partial charge in [-0.3, -0.25) is 30.0 Å². The topological polar surface area (TPSA) is 223 Å². The van der Waals surface area contributed by atoms with Gasteiger partial charge in [-0.1, -0.05) is 47.5 Å². The van der Waals surface area contributed by atoms with E-state index in [1.807, 2.05) is 0 Å². The SMILES string of the molecule is CC(=O)N[C@H](Cc1ccc(Cl)cc1)C(=O)N1C[C@H](CCCNC(=N)N)N(C(=O)[C@@H](Cc2ccc(Cl)cc2)NC(C)=O)C[C@@H]1CCCNC(=N)N. The van der Waals surface area contributed by atoms with Crippen LogP contribution in [0.25, 0.3) is 0 Å². The van der Waals surface area contributed by atoms with Gasteiger partial charge in [-0.2, -0.15) is 0 Å². The third kappa shape index (κ3) is 13.0. The highest BCUT2D eigenvalue weighted by Gasteiger charge is 2.42. The van der Waals surface area contributed by atoms with Crippen molar-refractivity contribution in [3.05, 3.63) is 69.7 Å². The van der Waals surface area contributed by atoms with E-state index in [2.05, 4.69) is 21.3 Å². The second kappa shape index (κ2) is 19.6. The number of piperazine rings is 1.